The predicted octanol–water partition coefficient (Wildman–Crippen LogP) is 0.443. The molecule has 1 aliphatic heterocycles. The Kier molecular flexibility index (Phi) is 3.48. The lowest BCUT2D eigenvalue weighted by Gasteiger charge is -2.28. The number of benzene rings is 1. The van der Waals surface area contributed by atoms with E-state index in [-0.39, 0.29) is 5.57 Å². The van der Waals surface area contributed by atoms with E-state index in [0.29, 0.717) is 11.3 Å². The van der Waals surface area contributed by atoms with E-state index in [4.69, 9.17) is 5.84 Å². The monoisotopic (exact) mass is 264 g/mol. The first kappa shape index (κ1) is 13.0. The van der Waals surface area contributed by atoms with Crippen LogP contribution in [0.4, 0.5) is 9.18 Å². The molecule has 0 aliphatic carbocycles. The third kappa shape index (κ3) is 2.55. The normalized spacial score (nSPS) is 18.7. The first-order valence-corrected chi connectivity index (χ1v) is 5.57. The van der Waals surface area contributed by atoms with E-state index >= 15 is 0 Å². The van der Waals surface area contributed by atoms with Crippen molar-refractivity contribution in [2.45, 2.75) is 13.0 Å². The van der Waals surface area contributed by atoms with Crippen molar-refractivity contribution >= 4 is 11.9 Å². The molecular formula is C12H13FN4O2. The third-order valence-electron chi connectivity index (χ3n) is 2.85. The van der Waals surface area contributed by atoms with E-state index in [9.17, 15) is 14.0 Å². The highest BCUT2D eigenvalue weighted by molar-refractivity contribution is 5.98. The topological polar surface area (TPSA) is 96.2 Å². The molecule has 3 amide bonds. The van der Waals surface area contributed by atoms with Gasteiger partial charge in [-0.15, -0.1) is 0 Å². The van der Waals surface area contributed by atoms with E-state index in [1.807, 2.05) is 5.43 Å². The third-order valence-corrected chi connectivity index (χ3v) is 2.85. The molecule has 0 spiro atoms. The average molecular weight is 264 g/mol. The highest BCUT2D eigenvalue weighted by Gasteiger charge is 2.30. The Labute approximate surface area is 108 Å². The molecular weight excluding hydrogens is 251 g/mol. The minimum absolute atomic E-state index is 0.286. The van der Waals surface area contributed by atoms with Crippen LogP contribution >= 0.6 is 0 Å². The van der Waals surface area contributed by atoms with Crippen molar-refractivity contribution in [3.05, 3.63) is 46.9 Å². The van der Waals surface area contributed by atoms with E-state index in [1.54, 1.807) is 6.92 Å². The summed E-state index contributed by atoms with van der Waals surface area (Å²) in [5, 5.41) is 5.10. The van der Waals surface area contributed by atoms with Crippen LogP contribution in [0.2, 0.25) is 0 Å². The maximum atomic E-state index is 12.9. The molecule has 0 saturated heterocycles. The average Bonchev–Trinajstić information content (AvgIpc) is 2.38. The highest BCUT2D eigenvalue weighted by atomic mass is 19.1. The van der Waals surface area contributed by atoms with Gasteiger partial charge in [-0.3, -0.25) is 10.2 Å². The number of hydrogen-bond donors (Lipinski definition) is 4. The second-order valence-electron chi connectivity index (χ2n) is 4.10. The van der Waals surface area contributed by atoms with Crippen molar-refractivity contribution in [2.24, 2.45) is 5.84 Å². The Morgan fingerprint density at radius 2 is 2.00 bits per heavy atom. The molecule has 1 aromatic rings. The fraction of sp³-hybridized carbons (Fsp3) is 0.167. The van der Waals surface area contributed by atoms with Gasteiger partial charge in [-0.05, 0) is 24.6 Å². The summed E-state index contributed by atoms with van der Waals surface area (Å²) >= 11 is 0. The maximum Gasteiger partial charge on any atom is 0.319 e. The predicted molar refractivity (Wildman–Crippen MR) is 65.8 cm³/mol. The van der Waals surface area contributed by atoms with Crippen molar-refractivity contribution < 1.29 is 14.0 Å². The molecule has 0 aromatic heterocycles. The fourth-order valence-corrected chi connectivity index (χ4v) is 1.98. The van der Waals surface area contributed by atoms with Gasteiger partial charge < -0.3 is 10.6 Å². The van der Waals surface area contributed by atoms with Gasteiger partial charge in [-0.1, -0.05) is 12.1 Å². The van der Waals surface area contributed by atoms with Crippen LogP contribution < -0.4 is 21.9 Å². The number of nitrogens with one attached hydrogen (secondary N) is 3. The van der Waals surface area contributed by atoms with Crippen LogP contribution in [0.5, 0.6) is 0 Å². The first-order valence-electron chi connectivity index (χ1n) is 5.57. The summed E-state index contributed by atoms with van der Waals surface area (Å²) in [6.07, 6.45) is 0. The minimum Gasteiger partial charge on any atom is -0.327 e. The van der Waals surface area contributed by atoms with E-state index < -0.39 is 23.8 Å². The molecule has 6 nitrogen and oxygen atoms in total. The highest BCUT2D eigenvalue weighted by Crippen LogP contribution is 2.26. The number of hydrazine groups is 1. The summed E-state index contributed by atoms with van der Waals surface area (Å²) in [6.45, 7) is 1.60. The molecule has 1 atom stereocenters. The smallest absolute Gasteiger partial charge is 0.319 e. The van der Waals surface area contributed by atoms with Crippen LogP contribution in [-0.2, 0) is 4.79 Å². The van der Waals surface area contributed by atoms with Gasteiger partial charge in [-0.25, -0.2) is 15.0 Å². The molecule has 19 heavy (non-hydrogen) atoms. The van der Waals surface area contributed by atoms with E-state index in [1.165, 1.54) is 24.3 Å². The molecule has 1 aromatic carbocycles. The molecule has 0 fully saturated rings. The van der Waals surface area contributed by atoms with Gasteiger partial charge >= 0.3 is 6.03 Å². The minimum atomic E-state index is -0.669. The number of hydrogen-bond acceptors (Lipinski definition) is 3. The zero-order chi connectivity index (χ0) is 14.0. The first-order chi connectivity index (χ1) is 9.02. The van der Waals surface area contributed by atoms with Crippen LogP contribution in [-0.4, -0.2) is 11.9 Å². The molecule has 0 radical (unpaired) electrons. The number of allylic oxidation sites excluding steroid dienone is 1. The molecule has 2 rings (SSSR count). The van der Waals surface area contributed by atoms with Gasteiger partial charge in [0.05, 0.1) is 11.6 Å². The van der Waals surface area contributed by atoms with Crippen molar-refractivity contribution in [1.82, 2.24) is 16.1 Å². The molecule has 0 bridgehead atoms. The fourth-order valence-electron chi connectivity index (χ4n) is 1.98. The van der Waals surface area contributed by atoms with Crippen LogP contribution in [0.25, 0.3) is 0 Å². The quantitative estimate of drug-likeness (QED) is 0.354. The van der Waals surface area contributed by atoms with Crippen LogP contribution in [0, 0.1) is 5.82 Å². The standard InChI is InChI=1S/C12H13FN4O2/c1-6-9(11(18)17-14)10(16-12(19)15-6)7-2-4-8(13)5-3-7/h2-5,10H,14H2,1H3,(H,17,18)(H2,15,16,19). The van der Waals surface area contributed by atoms with E-state index in [2.05, 4.69) is 10.6 Å². The van der Waals surface area contributed by atoms with Gasteiger partial charge in [-0.2, -0.15) is 0 Å². The Morgan fingerprint density at radius 1 is 1.37 bits per heavy atom. The van der Waals surface area contributed by atoms with Gasteiger partial charge in [0.25, 0.3) is 5.91 Å². The molecule has 0 saturated carbocycles. The summed E-state index contributed by atoms with van der Waals surface area (Å²) in [6, 6.07) is 4.43. The lowest BCUT2D eigenvalue weighted by Crippen LogP contribution is -2.47. The van der Waals surface area contributed by atoms with Gasteiger partial charge in [0, 0.05) is 5.70 Å². The van der Waals surface area contributed by atoms with Crippen molar-refractivity contribution in [3.63, 3.8) is 0 Å². The Morgan fingerprint density at radius 3 is 2.58 bits per heavy atom. The zero-order valence-corrected chi connectivity index (χ0v) is 10.2. The summed E-state index contributed by atoms with van der Waals surface area (Å²) in [7, 11) is 0. The second kappa shape index (κ2) is 5.07. The van der Waals surface area contributed by atoms with Crippen LogP contribution in [0.15, 0.2) is 35.5 Å². The van der Waals surface area contributed by atoms with Crippen molar-refractivity contribution in [1.29, 1.82) is 0 Å². The van der Waals surface area contributed by atoms with Crippen molar-refractivity contribution in [3.8, 4) is 0 Å². The molecule has 1 unspecified atom stereocenters. The lowest BCUT2D eigenvalue weighted by atomic mass is 9.95. The lowest BCUT2D eigenvalue weighted by molar-refractivity contribution is -0.118. The SMILES string of the molecule is CC1=C(C(=O)NN)C(c2ccc(F)cc2)NC(=O)N1. The number of carbonyl (C=O) groups excluding carboxylic acids is 2. The number of carbonyl (C=O) groups is 2. The van der Waals surface area contributed by atoms with Gasteiger partial charge in [0.1, 0.15) is 5.82 Å². The molecule has 1 heterocycles. The second-order valence-corrected chi connectivity index (χ2v) is 4.10. The Hall–Kier alpha value is -2.41. The summed E-state index contributed by atoms with van der Waals surface area (Å²) in [5.41, 5.74) is 3.31. The molecule has 100 valence electrons. The summed E-state index contributed by atoms with van der Waals surface area (Å²) in [5.74, 6) is 4.22. The van der Waals surface area contributed by atoms with E-state index in [0.717, 1.165) is 0 Å². The summed E-state index contributed by atoms with van der Waals surface area (Å²) in [4.78, 5) is 23.3. The Balaban J connectivity index is 2.46. The largest absolute Gasteiger partial charge is 0.327 e. The van der Waals surface area contributed by atoms with Crippen molar-refractivity contribution in [2.75, 3.05) is 0 Å². The molecule has 7 heteroatoms. The van der Waals surface area contributed by atoms with Crippen LogP contribution in [0.3, 0.4) is 0 Å². The number of amides is 3. The number of rotatable bonds is 2. The van der Waals surface area contributed by atoms with Gasteiger partial charge in [0.15, 0.2) is 0 Å². The van der Waals surface area contributed by atoms with Gasteiger partial charge in [0.2, 0.25) is 0 Å². The summed E-state index contributed by atoms with van der Waals surface area (Å²) < 4.78 is 12.9. The number of halogens is 1. The Bertz CT molecular complexity index is 553. The number of urea groups is 1. The zero-order valence-electron chi connectivity index (χ0n) is 10.2. The molecule has 1 aliphatic rings. The maximum absolute atomic E-state index is 12.9. The number of nitrogens with two attached hydrogens (primary N) is 1. The van der Waals surface area contributed by atoms with Crippen LogP contribution in [0.1, 0.15) is 18.5 Å². The molecule has 5 N–H and O–H groups in total.